The van der Waals surface area contributed by atoms with Crippen molar-refractivity contribution in [3.63, 3.8) is 0 Å². The zero-order valence-electron chi connectivity index (χ0n) is 11.7. The Bertz CT molecular complexity index is 404. The normalized spacial score (nSPS) is 18.5. The minimum absolute atomic E-state index is 0.497. The third-order valence-corrected chi connectivity index (χ3v) is 3.65. The molecule has 0 bridgehead atoms. The Kier molecular flexibility index (Phi) is 4.61. The molecule has 0 saturated heterocycles. The van der Waals surface area contributed by atoms with Gasteiger partial charge >= 0.3 is 0 Å². The van der Waals surface area contributed by atoms with E-state index in [1.54, 1.807) is 7.11 Å². The summed E-state index contributed by atoms with van der Waals surface area (Å²) in [5.41, 5.74) is 4.17. The van der Waals surface area contributed by atoms with Gasteiger partial charge in [0.15, 0.2) is 0 Å². The van der Waals surface area contributed by atoms with Crippen LogP contribution in [0.5, 0.6) is 5.75 Å². The number of rotatable bonds is 5. The molecule has 0 saturated carbocycles. The van der Waals surface area contributed by atoms with Crippen molar-refractivity contribution < 1.29 is 4.74 Å². The van der Waals surface area contributed by atoms with Crippen LogP contribution in [-0.4, -0.2) is 20.7 Å². The van der Waals surface area contributed by atoms with Gasteiger partial charge < -0.3 is 15.4 Å². The molecule has 1 aliphatic rings. The second-order valence-corrected chi connectivity index (χ2v) is 4.94. The molecule has 1 atom stereocenters. The summed E-state index contributed by atoms with van der Waals surface area (Å²) in [5.74, 6) is 1.01. The van der Waals surface area contributed by atoms with Gasteiger partial charge in [0.25, 0.3) is 0 Å². The van der Waals surface area contributed by atoms with E-state index in [1.165, 1.54) is 29.5 Å². The van der Waals surface area contributed by atoms with Gasteiger partial charge in [-0.05, 0) is 43.6 Å². The molecule has 1 aromatic carbocycles. The number of methoxy groups -OCH3 is 1. The molecule has 3 heteroatoms. The van der Waals surface area contributed by atoms with Crippen LogP contribution in [0.4, 0.5) is 0 Å². The summed E-state index contributed by atoms with van der Waals surface area (Å²) >= 11 is 0. The number of benzene rings is 1. The van der Waals surface area contributed by atoms with Gasteiger partial charge in [0.1, 0.15) is 5.75 Å². The van der Waals surface area contributed by atoms with Crippen molar-refractivity contribution in [3.8, 4) is 5.75 Å². The lowest BCUT2D eigenvalue weighted by atomic mass is 9.90. The molecule has 2 N–H and O–H groups in total. The van der Waals surface area contributed by atoms with E-state index in [9.17, 15) is 0 Å². The van der Waals surface area contributed by atoms with E-state index in [-0.39, 0.29) is 0 Å². The summed E-state index contributed by atoms with van der Waals surface area (Å²) in [6, 6.07) is 5.04. The first kappa shape index (κ1) is 13.4. The quantitative estimate of drug-likeness (QED) is 0.839. The molecule has 100 valence electrons. The summed E-state index contributed by atoms with van der Waals surface area (Å²) < 4.78 is 5.52. The van der Waals surface area contributed by atoms with Crippen molar-refractivity contribution in [1.29, 1.82) is 0 Å². The molecule has 1 aliphatic heterocycles. The van der Waals surface area contributed by atoms with Crippen LogP contribution in [0.1, 0.15) is 42.5 Å². The molecule has 2 rings (SSSR count). The molecule has 0 amide bonds. The van der Waals surface area contributed by atoms with Crippen molar-refractivity contribution >= 4 is 0 Å². The number of hydrogen-bond acceptors (Lipinski definition) is 3. The van der Waals surface area contributed by atoms with Crippen molar-refractivity contribution in [1.82, 2.24) is 10.6 Å². The first-order valence-corrected chi connectivity index (χ1v) is 6.87. The van der Waals surface area contributed by atoms with Gasteiger partial charge in [0, 0.05) is 18.2 Å². The zero-order chi connectivity index (χ0) is 13.0. The summed E-state index contributed by atoms with van der Waals surface area (Å²) in [5, 5.41) is 6.81. The summed E-state index contributed by atoms with van der Waals surface area (Å²) in [6.45, 7) is 4.19. The molecule has 1 aromatic rings. The molecule has 0 aliphatic carbocycles. The second-order valence-electron chi connectivity index (χ2n) is 4.94. The molecule has 1 unspecified atom stereocenters. The highest BCUT2D eigenvalue weighted by atomic mass is 16.5. The van der Waals surface area contributed by atoms with E-state index >= 15 is 0 Å². The van der Waals surface area contributed by atoms with Gasteiger partial charge in [0.05, 0.1) is 7.11 Å². The van der Waals surface area contributed by atoms with Crippen molar-refractivity contribution in [2.45, 2.75) is 38.8 Å². The maximum Gasteiger partial charge on any atom is 0.123 e. The summed E-state index contributed by atoms with van der Waals surface area (Å²) in [6.07, 6.45) is 3.52. The fourth-order valence-corrected chi connectivity index (χ4v) is 2.79. The largest absolute Gasteiger partial charge is 0.496 e. The van der Waals surface area contributed by atoms with E-state index < -0.39 is 0 Å². The highest BCUT2D eigenvalue weighted by molar-refractivity contribution is 5.45. The molecular weight excluding hydrogens is 224 g/mol. The molecule has 0 aromatic heterocycles. The Labute approximate surface area is 110 Å². The molecule has 0 spiro atoms. The van der Waals surface area contributed by atoms with E-state index in [0.29, 0.717) is 6.04 Å². The van der Waals surface area contributed by atoms with Crippen LogP contribution >= 0.6 is 0 Å². The van der Waals surface area contributed by atoms with Gasteiger partial charge in [-0.3, -0.25) is 0 Å². The fourth-order valence-electron chi connectivity index (χ4n) is 2.79. The fraction of sp³-hybridized carbons (Fsp3) is 0.600. The van der Waals surface area contributed by atoms with Gasteiger partial charge in [-0.15, -0.1) is 0 Å². The molecule has 0 fully saturated rings. The monoisotopic (exact) mass is 248 g/mol. The molecule has 1 heterocycles. The standard InChI is InChI=1S/C15H24N2O/c1-4-5-14-13-9-15(18-3)12(10-16-2)8-11(13)6-7-17-14/h8-9,14,16-17H,4-7,10H2,1-3H3. The lowest BCUT2D eigenvalue weighted by Gasteiger charge is -2.28. The summed E-state index contributed by atoms with van der Waals surface area (Å²) in [4.78, 5) is 0. The van der Waals surface area contributed by atoms with E-state index in [2.05, 4.69) is 29.7 Å². The average Bonchev–Trinajstić information content (AvgIpc) is 2.39. The highest BCUT2D eigenvalue weighted by Crippen LogP contribution is 2.32. The maximum atomic E-state index is 5.52. The Morgan fingerprint density at radius 1 is 1.44 bits per heavy atom. The molecule has 0 radical (unpaired) electrons. The minimum atomic E-state index is 0.497. The number of hydrogen-bond donors (Lipinski definition) is 2. The van der Waals surface area contributed by atoms with Crippen molar-refractivity contribution in [2.24, 2.45) is 0 Å². The lowest BCUT2D eigenvalue weighted by Crippen LogP contribution is -2.30. The molecule has 3 nitrogen and oxygen atoms in total. The average molecular weight is 248 g/mol. The first-order chi connectivity index (χ1) is 8.80. The second kappa shape index (κ2) is 6.21. The van der Waals surface area contributed by atoms with Gasteiger partial charge in [0.2, 0.25) is 0 Å². The predicted octanol–water partition coefficient (Wildman–Crippen LogP) is 2.40. The summed E-state index contributed by atoms with van der Waals surface area (Å²) in [7, 11) is 3.73. The van der Waals surface area contributed by atoms with Crippen LogP contribution in [0, 0.1) is 0 Å². The minimum Gasteiger partial charge on any atom is -0.496 e. The van der Waals surface area contributed by atoms with Gasteiger partial charge in [-0.25, -0.2) is 0 Å². The maximum absolute atomic E-state index is 5.52. The molecular formula is C15H24N2O. The lowest BCUT2D eigenvalue weighted by molar-refractivity contribution is 0.403. The smallest absolute Gasteiger partial charge is 0.123 e. The zero-order valence-corrected chi connectivity index (χ0v) is 11.7. The van der Waals surface area contributed by atoms with Crippen LogP contribution in [0.15, 0.2) is 12.1 Å². The van der Waals surface area contributed by atoms with Gasteiger partial charge in [-0.2, -0.15) is 0 Å². The number of nitrogens with one attached hydrogen (secondary N) is 2. The SMILES string of the molecule is CCCC1NCCc2cc(CNC)c(OC)cc21. The van der Waals surface area contributed by atoms with E-state index in [1.807, 2.05) is 7.05 Å². The van der Waals surface area contributed by atoms with Crippen molar-refractivity contribution in [3.05, 3.63) is 28.8 Å². The van der Waals surface area contributed by atoms with Crippen molar-refractivity contribution in [2.75, 3.05) is 20.7 Å². The highest BCUT2D eigenvalue weighted by Gasteiger charge is 2.21. The predicted molar refractivity (Wildman–Crippen MR) is 75.1 cm³/mol. The Morgan fingerprint density at radius 2 is 2.28 bits per heavy atom. The Morgan fingerprint density at radius 3 is 2.94 bits per heavy atom. The van der Waals surface area contributed by atoms with Crippen LogP contribution in [0.25, 0.3) is 0 Å². The van der Waals surface area contributed by atoms with E-state index in [4.69, 9.17) is 4.74 Å². The third-order valence-electron chi connectivity index (χ3n) is 3.65. The van der Waals surface area contributed by atoms with E-state index in [0.717, 1.165) is 25.3 Å². The Balaban J connectivity index is 2.36. The van der Waals surface area contributed by atoms with Crippen LogP contribution in [0.2, 0.25) is 0 Å². The third kappa shape index (κ3) is 2.68. The molecule has 18 heavy (non-hydrogen) atoms. The van der Waals surface area contributed by atoms with Crippen LogP contribution in [0.3, 0.4) is 0 Å². The number of ether oxygens (including phenoxy) is 1. The first-order valence-electron chi connectivity index (χ1n) is 6.87. The van der Waals surface area contributed by atoms with Gasteiger partial charge in [-0.1, -0.05) is 19.4 Å². The Hall–Kier alpha value is -1.06. The topological polar surface area (TPSA) is 33.3 Å². The van der Waals surface area contributed by atoms with Crippen LogP contribution < -0.4 is 15.4 Å². The number of fused-ring (bicyclic) bond motifs is 1. The van der Waals surface area contributed by atoms with Crippen LogP contribution in [-0.2, 0) is 13.0 Å².